The monoisotopic (exact) mass is 954 g/mol. The zero-order valence-corrected chi connectivity index (χ0v) is 40.9. The summed E-state index contributed by atoms with van der Waals surface area (Å²) < 4.78 is 6.95. The van der Waals surface area contributed by atoms with Crippen molar-refractivity contribution in [1.29, 1.82) is 0 Å². The largest absolute Gasteiger partial charge is 0.456 e. The van der Waals surface area contributed by atoms with E-state index in [1.54, 1.807) is 0 Å². The lowest BCUT2D eigenvalue weighted by Gasteiger charge is -2.30. The average Bonchev–Trinajstić information content (AvgIpc) is 3.85. The number of para-hydroxylation sites is 2. The highest BCUT2D eigenvalue weighted by Crippen LogP contribution is 2.52. The zero-order chi connectivity index (χ0) is 49.4. The van der Waals surface area contributed by atoms with Crippen molar-refractivity contribution in [2.75, 3.05) is 9.80 Å². The second kappa shape index (κ2) is 17.4. The fourth-order valence-corrected chi connectivity index (χ4v) is 12.0. The van der Waals surface area contributed by atoms with E-state index in [9.17, 15) is 0 Å². The van der Waals surface area contributed by atoms with Gasteiger partial charge in [0.1, 0.15) is 11.2 Å². The van der Waals surface area contributed by atoms with Gasteiger partial charge >= 0.3 is 0 Å². The minimum Gasteiger partial charge on any atom is -0.456 e. The van der Waals surface area contributed by atoms with Gasteiger partial charge in [0.2, 0.25) is 0 Å². The normalized spacial score (nSPS) is 11.7. The van der Waals surface area contributed by atoms with Crippen LogP contribution in [0.4, 0.5) is 34.1 Å². The van der Waals surface area contributed by atoms with E-state index in [-0.39, 0.29) is 0 Å². The molecule has 1 aromatic heterocycles. The Kier molecular flexibility index (Phi) is 9.89. The van der Waals surface area contributed by atoms with Gasteiger partial charge in [-0.1, -0.05) is 206 Å². The Morgan fingerprint density at radius 2 is 0.533 bits per heavy atom. The Hall–Kier alpha value is -9.96. The van der Waals surface area contributed by atoms with Crippen LogP contribution in [0.5, 0.6) is 0 Å². The summed E-state index contributed by atoms with van der Waals surface area (Å²) in [4.78, 5) is 4.90. The minimum absolute atomic E-state index is 0.860. The van der Waals surface area contributed by atoms with Gasteiger partial charge < -0.3 is 14.2 Å². The molecule has 0 amide bonds. The first-order valence-electron chi connectivity index (χ1n) is 25.7. The number of furan rings is 1. The molecule has 1 heterocycles. The molecule has 0 aliphatic rings. The molecule has 14 aromatic carbocycles. The maximum atomic E-state index is 6.95. The molecular weight excluding hydrogens is 909 g/mol. The molecule has 15 aromatic rings. The van der Waals surface area contributed by atoms with Gasteiger partial charge in [0, 0.05) is 55.4 Å². The molecule has 0 fully saturated rings. The predicted octanol–water partition coefficient (Wildman–Crippen LogP) is 20.8. The maximum Gasteiger partial charge on any atom is 0.136 e. The fraction of sp³-hybridized carbons (Fsp3) is 0. The number of benzene rings is 14. The van der Waals surface area contributed by atoms with E-state index in [2.05, 4.69) is 289 Å². The van der Waals surface area contributed by atoms with Crippen LogP contribution in [0.3, 0.4) is 0 Å². The minimum atomic E-state index is 0.860. The summed E-state index contributed by atoms with van der Waals surface area (Å²) in [5, 5.41) is 16.5. The number of rotatable bonds is 8. The van der Waals surface area contributed by atoms with Crippen molar-refractivity contribution in [2.45, 2.75) is 0 Å². The third-order valence-electron chi connectivity index (χ3n) is 15.3. The van der Waals surface area contributed by atoms with Crippen LogP contribution >= 0.6 is 0 Å². The molecule has 75 heavy (non-hydrogen) atoms. The molecular formula is C72H46N2O. The van der Waals surface area contributed by atoms with E-state index in [1.807, 2.05) is 0 Å². The lowest BCUT2D eigenvalue weighted by Crippen LogP contribution is -2.12. The highest BCUT2D eigenvalue weighted by atomic mass is 16.3. The van der Waals surface area contributed by atoms with Crippen molar-refractivity contribution in [3.8, 4) is 22.3 Å². The van der Waals surface area contributed by atoms with Crippen LogP contribution in [0, 0.1) is 0 Å². The standard InChI is InChI=1S/C72H46N2O/c1-5-21-47(22-6-1)69-61-33-17-13-29-57(61)59-31-15-19-35-63(59)71(69)73(53-25-9-3-10-26-53)55-39-37-49-43-65-66-44-50-38-40-56(42-52(50)46-68(66)75-67(65)45-51(49)41-55)74(54-27-11-4-12-28-54)72-64-36-20-16-32-60(64)58-30-14-18-34-62(58)70(72)48-23-7-2-8-24-48/h1-46H. The molecule has 0 bridgehead atoms. The zero-order valence-electron chi connectivity index (χ0n) is 40.9. The first-order chi connectivity index (χ1) is 37.2. The van der Waals surface area contributed by atoms with Crippen LogP contribution in [-0.2, 0) is 0 Å². The number of nitrogens with zero attached hydrogens (tertiary/aromatic N) is 2. The van der Waals surface area contributed by atoms with Crippen molar-refractivity contribution in [2.24, 2.45) is 0 Å². The molecule has 3 nitrogen and oxygen atoms in total. The lowest BCUT2D eigenvalue weighted by atomic mass is 9.90. The lowest BCUT2D eigenvalue weighted by molar-refractivity contribution is 0.670. The predicted molar refractivity (Wildman–Crippen MR) is 319 cm³/mol. The molecule has 0 saturated carbocycles. The summed E-state index contributed by atoms with van der Waals surface area (Å²) in [6, 6.07) is 101. The van der Waals surface area contributed by atoms with Gasteiger partial charge in [-0.25, -0.2) is 0 Å². The molecule has 0 aliphatic carbocycles. The average molecular weight is 955 g/mol. The Morgan fingerprint density at radius 1 is 0.213 bits per heavy atom. The third kappa shape index (κ3) is 6.97. The van der Waals surface area contributed by atoms with Gasteiger partial charge in [0.05, 0.1) is 11.4 Å². The number of anilines is 6. The molecule has 350 valence electrons. The molecule has 0 spiro atoms. The van der Waals surface area contributed by atoms with E-state index in [4.69, 9.17) is 4.42 Å². The molecule has 0 saturated heterocycles. The first kappa shape index (κ1) is 42.7. The second-order valence-electron chi connectivity index (χ2n) is 19.6. The van der Waals surface area contributed by atoms with Crippen LogP contribution in [-0.4, -0.2) is 0 Å². The van der Waals surface area contributed by atoms with Gasteiger partial charge in [-0.2, -0.15) is 0 Å². The van der Waals surface area contributed by atoms with Gasteiger partial charge in [0.25, 0.3) is 0 Å². The first-order valence-corrected chi connectivity index (χ1v) is 25.7. The summed E-state index contributed by atoms with van der Waals surface area (Å²) in [7, 11) is 0. The molecule has 3 heteroatoms. The Labute approximate surface area is 434 Å². The van der Waals surface area contributed by atoms with Crippen LogP contribution in [0.1, 0.15) is 0 Å². The Morgan fingerprint density at radius 3 is 0.920 bits per heavy atom. The smallest absolute Gasteiger partial charge is 0.136 e. The van der Waals surface area contributed by atoms with Crippen molar-refractivity contribution in [1.82, 2.24) is 0 Å². The molecule has 0 atom stereocenters. The third-order valence-corrected chi connectivity index (χ3v) is 15.3. The highest BCUT2D eigenvalue weighted by molar-refractivity contribution is 6.24. The van der Waals surface area contributed by atoms with Gasteiger partial charge in [-0.05, 0) is 138 Å². The second-order valence-corrected chi connectivity index (χ2v) is 19.6. The van der Waals surface area contributed by atoms with Crippen molar-refractivity contribution in [3.63, 3.8) is 0 Å². The number of hydrogen-bond acceptors (Lipinski definition) is 3. The molecule has 0 unspecified atom stereocenters. The Balaban J connectivity index is 0.908. The van der Waals surface area contributed by atoms with Crippen molar-refractivity contribution < 1.29 is 4.42 Å². The van der Waals surface area contributed by atoms with E-state index < -0.39 is 0 Å². The molecule has 0 aliphatic heterocycles. The Bertz CT molecular complexity index is 4400. The van der Waals surface area contributed by atoms with Gasteiger partial charge in [-0.15, -0.1) is 0 Å². The number of hydrogen-bond donors (Lipinski definition) is 0. The van der Waals surface area contributed by atoms with Crippen molar-refractivity contribution in [3.05, 3.63) is 279 Å². The topological polar surface area (TPSA) is 19.6 Å². The summed E-state index contributed by atoms with van der Waals surface area (Å²) >= 11 is 0. The van der Waals surface area contributed by atoms with E-state index in [0.717, 1.165) is 77.6 Å². The summed E-state index contributed by atoms with van der Waals surface area (Å²) in [6.07, 6.45) is 0. The summed E-state index contributed by atoms with van der Waals surface area (Å²) in [5.74, 6) is 0. The van der Waals surface area contributed by atoms with Crippen LogP contribution in [0.15, 0.2) is 283 Å². The van der Waals surface area contributed by atoms with Gasteiger partial charge in [-0.3, -0.25) is 0 Å². The van der Waals surface area contributed by atoms with Gasteiger partial charge in [0.15, 0.2) is 0 Å². The van der Waals surface area contributed by atoms with E-state index >= 15 is 0 Å². The van der Waals surface area contributed by atoms with Crippen LogP contribution in [0.2, 0.25) is 0 Å². The maximum absolute atomic E-state index is 6.95. The van der Waals surface area contributed by atoms with Crippen LogP contribution in [0.25, 0.3) is 109 Å². The highest BCUT2D eigenvalue weighted by Gasteiger charge is 2.26. The molecule has 0 radical (unpaired) electrons. The summed E-state index contributed by atoms with van der Waals surface area (Å²) in [6.45, 7) is 0. The molecule has 0 N–H and O–H groups in total. The quantitative estimate of drug-likeness (QED) is 0.142. The summed E-state index contributed by atoms with van der Waals surface area (Å²) in [5.41, 5.74) is 13.1. The fourth-order valence-electron chi connectivity index (χ4n) is 12.0. The molecule has 15 rings (SSSR count). The van der Waals surface area contributed by atoms with Crippen LogP contribution < -0.4 is 9.80 Å². The number of fused-ring (bicyclic) bond motifs is 11. The van der Waals surface area contributed by atoms with Crippen molar-refractivity contribution >= 4 is 121 Å². The van der Waals surface area contributed by atoms with E-state index in [1.165, 1.54) is 65.3 Å². The van der Waals surface area contributed by atoms with E-state index in [0.29, 0.717) is 0 Å². The SMILES string of the molecule is c1ccc(-c2c(N(c3ccccc3)c3ccc4cc5c(cc4c3)oc3cc4cc(N(c6ccccc6)c6c(-c7ccccc7)c7ccccc7c7ccccc67)ccc4cc35)c3ccccc3c3ccccc23)cc1.